The second-order valence-corrected chi connectivity index (χ2v) is 2.92. The molecule has 0 fully saturated rings. The number of hydrogen-bond acceptors (Lipinski definition) is 3. The molecule has 0 saturated carbocycles. The standard InChI is InChI=1S/C9H15N3O2/c1-3-10-5-7-6-11-12(4-2)8(7)9(13)14/h6,10H,3-5H2,1-2H3,(H,13,14). The van der Waals surface area contributed by atoms with Crippen LogP contribution in [0.25, 0.3) is 0 Å². The molecule has 0 spiro atoms. The van der Waals surface area contributed by atoms with Crippen molar-refractivity contribution < 1.29 is 9.90 Å². The second kappa shape index (κ2) is 4.76. The van der Waals surface area contributed by atoms with Gasteiger partial charge >= 0.3 is 5.97 Å². The maximum Gasteiger partial charge on any atom is 0.354 e. The van der Waals surface area contributed by atoms with E-state index >= 15 is 0 Å². The zero-order chi connectivity index (χ0) is 10.6. The van der Waals surface area contributed by atoms with Crippen LogP contribution in [0.3, 0.4) is 0 Å². The largest absolute Gasteiger partial charge is 0.477 e. The number of nitrogens with one attached hydrogen (secondary N) is 1. The predicted octanol–water partition coefficient (Wildman–Crippen LogP) is 0.711. The first-order valence-electron chi connectivity index (χ1n) is 4.69. The third-order valence-corrected chi connectivity index (χ3v) is 1.98. The quantitative estimate of drug-likeness (QED) is 0.729. The first kappa shape index (κ1) is 10.7. The zero-order valence-electron chi connectivity index (χ0n) is 8.45. The fraction of sp³-hybridized carbons (Fsp3) is 0.556. The minimum Gasteiger partial charge on any atom is -0.477 e. The van der Waals surface area contributed by atoms with Crippen molar-refractivity contribution in [2.75, 3.05) is 6.54 Å². The molecule has 78 valence electrons. The molecule has 0 aliphatic carbocycles. The Morgan fingerprint density at radius 3 is 2.86 bits per heavy atom. The van der Waals surface area contributed by atoms with Crippen LogP contribution in [0.15, 0.2) is 6.20 Å². The number of carboxylic acid groups (broad SMARTS) is 1. The van der Waals surface area contributed by atoms with Crippen molar-refractivity contribution in [3.63, 3.8) is 0 Å². The molecule has 2 N–H and O–H groups in total. The van der Waals surface area contributed by atoms with Crippen LogP contribution >= 0.6 is 0 Å². The van der Waals surface area contributed by atoms with Crippen LogP contribution in [0.5, 0.6) is 0 Å². The Labute approximate surface area is 82.7 Å². The zero-order valence-corrected chi connectivity index (χ0v) is 8.45. The Kier molecular flexibility index (Phi) is 3.64. The third kappa shape index (κ3) is 2.11. The SMILES string of the molecule is CCNCc1cnn(CC)c1C(=O)O. The third-order valence-electron chi connectivity index (χ3n) is 1.98. The summed E-state index contributed by atoms with van der Waals surface area (Å²) < 4.78 is 1.50. The minimum absolute atomic E-state index is 0.286. The van der Waals surface area contributed by atoms with Gasteiger partial charge in [-0.2, -0.15) is 5.10 Å². The molecule has 1 aromatic rings. The number of aromatic nitrogens is 2. The van der Waals surface area contributed by atoms with Crippen LogP contribution in [-0.4, -0.2) is 27.4 Å². The molecule has 0 bridgehead atoms. The van der Waals surface area contributed by atoms with E-state index < -0.39 is 5.97 Å². The number of carboxylic acids is 1. The van der Waals surface area contributed by atoms with Gasteiger partial charge in [0.2, 0.25) is 0 Å². The minimum atomic E-state index is -0.919. The number of hydrogen-bond donors (Lipinski definition) is 2. The first-order valence-corrected chi connectivity index (χ1v) is 4.69. The van der Waals surface area contributed by atoms with E-state index in [1.807, 2.05) is 13.8 Å². The maximum atomic E-state index is 10.9. The lowest BCUT2D eigenvalue weighted by Gasteiger charge is -2.03. The molecule has 0 aromatic carbocycles. The van der Waals surface area contributed by atoms with Gasteiger partial charge in [-0.15, -0.1) is 0 Å². The summed E-state index contributed by atoms with van der Waals surface area (Å²) in [5.74, 6) is -0.919. The molecule has 0 aliphatic rings. The second-order valence-electron chi connectivity index (χ2n) is 2.92. The van der Waals surface area contributed by atoms with Gasteiger partial charge < -0.3 is 10.4 Å². The normalized spacial score (nSPS) is 10.4. The Morgan fingerprint density at radius 2 is 2.36 bits per heavy atom. The van der Waals surface area contributed by atoms with E-state index in [9.17, 15) is 4.79 Å². The van der Waals surface area contributed by atoms with E-state index in [1.54, 1.807) is 6.20 Å². The van der Waals surface area contributed by atoms with Gasteiger partial charge in [-0.25, -0.2) is 4.79 Å². The molecule has 0 radical (unpaired) electrons. The monoisotopic (exact) mass is 197 g/mol. The van der Waals surface area contributed by atoms with Crippen molar-refractivity contribution in [2.24, 2.45) is 0 Å². The van der Waals surface area contributed by atoms with E-state index in [-0.39, 0.29) is 5.69 Å². The fourth-order valence-electron chi connectivity index (χ4n) is 1.30. The Morgan fingerprint density at radius 1 is 1.64 bits per heavy atom. The molecule has 5 heteroatoms. The lowest BCUT2D eigenvalue weighted by atomic mass is 10.2. The van der Waals surface area contributed by atoms with Crippen LogP contribution in [0.2, 0.25) is 0 Å². The molecule has 14 heavy (non-hydrogen) atoms. The number of carbonyl (C=O) groups is 1. The molecule has 0 amide bonds. The smallest absolute Gasteiger partial charge is 0.354 e. The highest BCUT2D eigenvalue weighted by Gasteiger charge is 2.15. The van der Waals surface area contributed by atoms with E-state index in [4.69, 9.17) is 5.11 Å². The van der Waals surface area contributed by atoms with Gasteiger partial charge in [-0.05, 0) is 13.5 Å². The van der Waals surface area contributed by atoms with Gasteiger partial charge in [-0.1, -0.05) is 6.92 Å². The van der Waals surface area contributed by atoms with E-state index in [2.05, 4.69) is 10.4 Å². The average Bonchev–Trinajstić information content (AvgIpc) is 2.57. The average molecular weight is 197 g/mol. The summed E-state index contributed by atoms with van der Waals surface area (Å²) in [4.78, 5) is 10.9. The highest BCUT2D eigenvalue weighted by atomic mass is 16.4. The van der Waals surface area contributed by atoms with Gasteiger partial charge in [0.15, 0.2) is 5.69 Å². The van der Waals surface area contributed by atoms with Crippen molar-refractivity contribution in [1.82, 2.24) is 15.1 Å². The molecule has 1 heterocycles. The summed E-state index contributed by atoms with van der Waals surface area (Å²) in [5, 5.41) is 16.1. The van der Waals surface area contributed by atoms with Crippen molar-refractivity contribution in [3.05, 3.63) is 17.5 Å². The number of rotatable bonds is 5. The summed E-state index contributed by atoms with van der Waals surface area (Å²) >= 11 is 0. The van der Waals surface area contributed by atoms with E-state index in [1.165, 1.54) is 4.68 Å². The van der Waals surface area contributed by atoms with E-state index in [0.29, 0.717) is 13.1 Å². The van der Waals surface area contributed by atoms with Crippen molar-refractivity contribution >= 4 is 5.97 Å². The molecule has 0 atom stereocenters. The summed E-state index contributed by atoms with van der Waals surface area (Å²) in [7, 11) is 0. The van der Waals surface area contributed by atoms with Crippen molar-refractivity contribution in [1.29, 1.82) is 0 Å². The molecule has 0 unspecified atom stereocenters. The van der Waals surface area contributed by atoms with Crippen LogP contribution in [-0.2, 0) is 13.1 Å². The summed E-state index contributed by atoms with van der Waals surface area (Å²) in [6.07, 6.45) is 1.61. The van der Waals surface area contributed by atoms with Crippen LogP contribution in [0.4, 0.5) is 0 Å². The summed E-state index contributed by atoms with van der Waals surface area (Å²) in [6.45, 7) is 5.80. The molecule has 0 saturated heterocycles. The Hall–Kier alpha value is -1.36. The van der Waals surface area contributed by atoms with Crippen molar-refractivity contribution in [3.8, 4) is 0 Å². The van der Waals surface area contributed by atoms with Crippen LogP contribution < -0.4 is 5.32 Å². The lowest BCUT2D eigenvalue weighted by Crippen LogP contribution is -2.16. The Bertz CT molecular complexity index is 320. The van der Waals surface area contributed by atoms with Gasteiger partial charge in [0.05, 0.1) is 6.20 Å². The topological polar surface area (TPSA) is 67.2 Å². The number of nitrogens with zero attached hydrogens (tertiary/aromatic N) is 2. The van der Waals surface area contributed by atoms with Gasteiger partial charge in [0, 0.05) is 18.7 Å². The van der Waals surface area contributed by atoms with Crippen molar-refractivity contribution in [2.45, 2.75) is 26.9 Å². The molecular weight excluding hydrogens is 182 g/mol. The maximum absolute atomic E-state index is 10.9. The lowest BCUT2D eigenvalue weighted by molar-refractivity contribution is 0.0682. The Balaban J connectivity index is 2.92. The van der Waals surface area contributed by atoms with Crippen LogP contribution in [0, 0.1) is 0 Å². The first-order chi connectivity index (χ1) is 6.70. The van der Waals surface area contributed by atoms with Gasteiger partial charge in [0.1, 0.15) is 0 Å². The van der Waals surface area contributed by atoms with Crippen LogP contribution in [0.1, 0.15) is 29.9 Å². The van der Waals surface area contributed by atoms with E-state index in [0.717, 1.165) is 12.1 Å². The number of aryl methyl sites for hydroxylation is 1. The number of aromatic carboxylic acids is 1. The summed E-state index contributed by atoms with van der Waals surface area (Å²) in [6, 6.07) is 0. The molecule has 5 nitrogen and oxygen atoms in total. The molecular formula is C9H15N3O2. The molecule has 1 aromatic heterocycles. The molecule has 1 rings (SSSR count). The highest BCUT2D eigenvalue weighted by molar-refractivity contribution is 5.87. The van der Waals surface area contributed by atoms with Gasteiger partial charge in [0.25, 0.3) is 0 Å². The predicted molar refractivity (Wildman–Crippen MR) is 52.2 cm³/mol. The van der Waals surface area contributed by atoms with Gasteiger partial charge in [-0.3, -0.25) is 4.68 Å². The summed E-state index contributed by atoms with van der Waals surface area (Å²) in [5.41, 5.74) is 1.02. The fourth-order valence-corrected chi connectivity index (χ4v) is 1.30. The highest BCUT2D eigenvalue weighted by Crippen LogP contribution is 2.08. The molecule has 0 aliphatic heterocycles.